The summed E-state index contributed by atoms with van der Waals surface area (Å²) in [5, 5.41) is 5.63. The van der Waals surface area contributed by atoms with E-state index < -0.39 is 0 Å². The van der Waals surface area contributed by atoms with Crippen molar-refractivity contribution in [2.75, 3.05) is 31.6 Å². The zero-order valence-corrected chi connectivity index (χ0v) is 11.2. The second-order valence-electron chi connectivity index (χ2n) is 4.20. The highest BCUT2D eigenvalue weighted by Gasteiger charge is 2.02. The summed E-state index contributed by atoms with van der Waals surface area (Å²) in [4.78, 5) is 11.5. The van der Waals surface area contributed by atoms with Crippen molar-refractivity contribution in [2.24, 2.45) is 0 Å². The summed E-state index contributed by atoms with van der Waals surface area (Å²) in [5.74, 6) is -0.543. The maximum atomic E-state index is 12.9. The maximum absolute atomic E-state index is 12.9. The highest BCUT2D eigenvalue weighted by atomic mass is 19.1. The second kappa shape index (κ2) is 9.47. The molecule has 0 aliphatic carbocycles. The number of hydrogen-bond acceptors (Lipinski definition) is 3. The fourth-order valence-electron chi connectivity index (χ4n) is 1.52. The number of amides is 1. The standard InChI is InChI=1S/C14H21FN2O2/c1-2-8-19-9-4-7-16-11-14(18)17-13-6-3-5-12(15)10-13/h3,5-6,10,16H,2,4,7-9,11H2,1H3,(H,17,18). The molecular weight excluding hydrogens is 247 g/mol. The van der Waals surface area contributed by atoms with Crippen molar-refractivity contribution in [3.05, 3.63) is 30.1 Å². The molecule has 0 radical (unpaired) electrons. The van der Waals surface area contributed by atoms with Gasteiger partial charge >= 0.3 is 0 Å². The molecule has 0 aliphatic rings. The number of anilines is 1. The Kier molecular flexibility index (Phi) is 7.77. The molecule has 0 spiro atoms. The predicted molar refractivity (Wildman–Crippen MR) is 73.6 cm³/mol. The molecule has 1 aromatic rings. The van der Waals surface area contributed by atoms with Gasteiger partial charge in [-0.25, -0.2) is 4.39 Å². The molecule has 5 heteroatoms. The summed E-state index contributed by atoms with van der Waals surface area (Å²) in [6, 6.07) is 5.84. The number of carbonyl (C=O) groups excluding carboxylic acids is 1. The molecule has 1 aromatic carbocycles. The maximum Gasteiger partial charge on any atom is 0.238 e. The van der Waals surface area contributed by atoms with E-state index in [0.717, 1.165) is 26.0 Å². The lowest BCUT2D eigenvalue weighted by molar-refractivity contribution is -0.115. The Morgan fingerprint density at radius 1 is 1.37 bits per heavy atom. The minimum Gasteiger partial charge on any atom is -0.381 e. The minimum atomic E-state index is -0.362. The molecule has 1 amide bonds. The topological polar surface area (TPSA) is 50.4 Å². The van der Waals surface area contributed by atoms with Crippen LogP contribution in [-0.4, -0.2) is 32.2 Å². The van der Waals surface area contributed by atoms with Crippen molar-refractivity contribution in [3.8, 4) is 0 Å². The number of hydrogen-bond donors (Lipinski definition) is 2. The molecule has 0 unspecified atom stereocenters. The Balaban J connectivity index is 2.08. The molecule has 0 heterocycles. The third-order valence-electron chi connectivity index (χ3n) is 2.38. The van der Waals surface area contributed by atoms with E-state index in [4.69, 9.17) is 4.74 Å². The summed E-state index contributed by atoms with van der Waals surface area (Å²) >= 11 is 0. The second-order valence-corrected chi connectivity index (χ2v) is 4.20. The summed E-state index contributed by atoms with van der Waals surface area (Å²) in [6.07, 6.45) is 1.89. The van der Waals surface area contributed by atoms with Crippen LogP contribution < -0.4 is 10.6 Å². The lowest BCUT2D eigenvalue weighted by Crippen LogP contribution is -2.29. The van der Waals surface area contributed by atoms with Gasteiger partial charge in [0.05, 0.1) is 6.54 Å². The van der Waals surface area contributed by atoms with Gasteiger partial charge in [0.15, 0.2) is 0 Å². The molecule has 1 rings (SSSR count). The van der Waals surface area contributed by atoms with Gasteiger partial charge in [0.1, 0.15) is 5.82 Å². The molecular formula is C14H21FN2O2. The number of nitrogens with one attached hydrogen (secondary N) is 2. The lowest BCUT2D eigenvalue weighted by Gasteiger charge is -2.07. The van der Waals surface area contributed by atoms with Crippen LogP contribution in [-0.2, 0) is 9.53 Å². The quantitative estimate of drug-likeness (QED) is 0.675. The van der Waals surface area contributed by atoms with Gasteiger partial charge in [-0.2, -0.15) is 0 Å². The fourth-order valence-corrected chi connectivity index (χ4v) is 1.52. The molecule has 0 aliphatic heterocycles. The van der Waals surface area contributed by atoms with E-state index in [9.17, 15) is 9.18 Å². The van der Waals surface area contributed by atoms with Crippen LogP contribution in [0.5, 0.6) is 0 Å². The smallest absolute Gasteiger partial charge is 0.238 e. The van der Waals surface area contributed by atoms with Gasteiger partial charge in [0.25, 0.3) is 0 Å². The molecule has 0 saturated heterocycles. The molecule has 0 fully saturated rings. The average molecular weight is 268 g/mol. The van der Waals surface area contributed by atoms with E-state index in [2.05, 4.69) is 17.6 Å². The first-order valence-corrected chi connectivity index (χ1v) is 6.56. The van der Waals surface area contributed by atoms with Gasteiger partial charge < -0.3 is 15.4 Å². The highest BCUT2D eigenvalue weighted by molar-refractivity contribution is 5.92. The molecule has 0 aromatic heterocycles. The normalized spacial score (nSPS) is 10.4. The number of benzene rings is 1. The van der Waals surface area contributed by atoms with E-state index in [1.807, 2.05) is 0 Å². The zero-order chi connectivity index (χ0) is 13.9. The van der Waals surface area contributed by atoms with E-state index in [-0.39, 0.29) is 18.3 Å². The van der Waals surface area contributed by atoms with Gasteiger partial charge in [0, 0.05) is 18.9 Å². The van der Waals surface area contributed by atoms with E-state index in [1.165, 1.54) is 12.1 Å². The Morgan fingerprint density at radius 2 is 2.21 bits per heavy atom. The average Bonchev–Trinajstić information content (AvgIpc) is 2.37. The Labute approximate surface area is 113 Å². The van der Waals surface area contributed by atoms with Crippen molar-refractivity contribution >= 4 is 11.6 Å². The SMILES string of the molecule is CCCOCCCNCC(=O)Nc1cccc(F)c1. The minimum absolute atomic E-state index is 0.180. The largest absolute Gasteiger partial charge is 0.381 e. The van der Waals surface area contributed by atoms with Crippen LogP contribution in [0.3, 0.4) is 0 Å². The van der Waals surface area contributed by atoms with Gasteiger partial charge in [-0.05, 0) is 37.6 Å². The van der Waals surface area contributed by atoms with Crippen LogP contribution in [0.4, 0.5) is 10.1 Å². The molecule has 0 bridgehead atoms. The first kappa shape index (κ1) is 15.6. The van der Waals surface area contributed by atoms with Crippen molar-refractivity contribution in [1.29, 1.82) is 0 Å². The molecule has 106 valence electrons. The van der Waals surface area contributed by atoms with Gasteiger partial charge in [-0.1, -0.05) is 13.0 Å². The van der Waals surface area contributed by atoms with Crippen molar-refractivity contribution < 1.29 is 13.9 Å². The zero-order valence-electron chi connectivity index (χ0n) is 11.2. The van der Waals surface area contributed by atoms with Crippen molar-refractivity contribution in [2.45, 2.75) is 19.8 Å². The first-order valence-electron chi connectivity index (χ1n) is 6.56. The molecule has 19 heavy (non-hydrogen) atoms. The Bertz CT molecular complexity index is 385. The molecule has 0 saturated carbocycles. The summed E-state index contributed by atoms with van der Waals surface area (Å²) < 4.78 is 18.2. The molecule has 0 atom stereocenters. The van der Waals surface area contributed by atoms with Crippen molar-refractivity contribution in [1.82, 2.24) is 5.32 Å². The lowest BCUT2D eigenvalue weighted by atomic mass is 10.3. The van der Waals surface area contributed by atoms with Gasteiger partial charge in [-0.3, -0.25) is 4.79 Å². The number of ether oxygens (including phenoxy) is 1. The van der Waals surface area contributed by atoms with Crippen LogP contribution in [0.1, 0.15) is 19.8 Å². The van der Waals surface area contributed by atoms with Gasteiger partial charge in [-0.15, -0.1) is 0 Å². The first-order chi connectivity index (χ1) is 9.22. The van der Waals surface area contributed by atoms with Crippen molar-refractivity contribution in [3.63, 3.8) is 0 Å². The fraction of sp³-hybridized carbons (Fsp3) is 0.500. The number of rotatable bonds is 9. The summed E-state index contributed by atoms with van der Waals surface area (Å²) in [7, 11) is 0. The van der Waals surface area contributed by atoms with E-state index in [1.54, 1.807) is 12.1 Å². The third kappa shape index (κ3) is 7.54. The van der Waals surface area contributed by atoms with Crippen LogP contribution in [0.2, 0.25) is 0 Å². The molecule has 2 N–H and O–H groups in total. The number of halogens is 1. The Morgan fingerprint density at radius 3 is 2.95 bits per heavy atom. The monoisotopic (exact) mass is 268 g/mol. The van der Waals surface area contributed by atoms with Crippen LogP contribution in [0, 0.1) is 5.82 Å². The highest BCUT2D eigenvalue weighted by Crippen LogP contribution is 2.08. The Hall–Kier alpha value is -1.46. The van der Waals surface area contributed by atoms with Crippen LogP contribution in [0.25, 0.3) is 0 Å². The molecule has 4 nitrogen and oxygen atoms in total. The van der Waals surface area contributed by atoms with Gasteiger partial charge in [0.2, 0.25) is 5.91 Å². The predicted octanol–water partition coefficient (Wildman–Crippen LogP) is 2.17. The third-order valence-corrected chi connectivity index (χ3v) is 2.38. The number of carbonyl (C=O) groups is 1. The van der Waals surface area contributed by atoms with Crippen LogP contribution >= 0.6 is 0 Å². The van der Waals surface area contributed by atoms with E-state index in [0.29, 0.717) is 12.3 Å². The van der Waals surface area contributed by atoms with E-state index >= 15 is 0 Å². The van der Waals surface area contributed by atoms with Crippen LogP contribution in [0.15, 0.2) is 24.3 Å². The summed E-state index contributed by atoms with van der Waals surface area (Å²) in [5.41, 5.74) is 0.470. The summed E-state index contributed by atoms with van der Waals surface area (Å²) in [6.45, 7) is 4.48.